The van der Waals surface area contributed by atoms with Gasteiger partial charge in [0, 0.05) is 18.3 Å². The van der Waals surface area contributed by atoms with E-state index >= 15 is 0 Å². The third-order valence-electron chi connectivity index (χ3n) is 5.72. The van der Waals surface area contributed by atoms with Gasteiger partial charge in [0.25, 0.3) is 0 Å². The van der Waals surface area contributed by atoms with E-state index in [0.717, 1.165) is 19.3 Å². The summed E-state index contributed by atoms with van der Waals surface area (Å²) in [6.07, 6.45) is 4.70. The van der Waals surface area contributed by atoms with Gasteiger partial charge in [-0.2, -0.15) is 0 Å². The molecule has 3 rings (SSSR count). The minimum absolute atomic E-state index is 0.0847. The highest BCUT2D eigenvalue weighted by Crippen LogP contribution is 2.43. The Hall–Kier alpha value is -1.47. The fraction of sp³-hybridized carbons (Fsp3) is 0.667. The summed E-state index contributed by atoms with van der Waals surface area (Å²) in [5, 5.41) is 8.52. The molecule has 0 radical (unpaired) electrons. The number of amides is 1. The molecule has 1 aromatic rings. The summed E-state index contributed by atoms with van der Waals surface area (Å²) < 4.78 is 18.2. The van der Waals surface area contributed by atoms with E-state index < -0.39 is 0 Å². The number of fused-ring (bicyclic) bond motifs is 2. The molecule has 0 spiro atoms. The maximum absolute atomic E-state index is 11.1. The molecule has 2 N–H and O–H groups in total. The van der Waals surface area contributed by atoms with Crippen LogP contribution in [0.3, 0.4) is 0 Å². The number of carbonyl (C=O) groups is 1. The second-order valence-corrected chi connectivity index (χ2v) is 7.69. The molecule has 2 fully saturated rings. The van der Waals surface area contributed by atoms with Gasteiger partial charge in [0.1, 0.15) is 0 Å². The summed E-state index contributed by atoms with van der Waals surface area (Å²) in [5.41, 5.74) is 2.85. The van der Waals surface area contributed by atoms with Gasteiger partial charge >= 0.3 is 0 Å². The van der Waals surface area contributed by atoms with Crippen LogP contribution in [0.15, 0.2) is 30.3 Å². The highest BCUT2D eigenvalue weighted by molar-refractivity contribution is 5.74. The average molecular weight is 377 g/mol. The van der Waals surface area contributed by atoms with E-state index in [-0.39, 0.29) is 18.1 Å². The number of carbonyl (C=O) groups excluding carboxylic acids is 1. The van der Waals surface area contributed by atoms with Crippen LogP contribution in [0.5, 0.6) is 0 Å². The van der Waals surface area contributed by atoms with Crippen LogP contribution in [0.25, 0.3) is 0 Å². The largest absolute Gasteiger partial charge is 0.378 e. The molecule has 0 saturated carbocycles. The van der Waals surface area contributed by atoms with Crippen LogP contribution in [-0.4, -0.2) is 42.6 Å². The molecule has 5 atom stereocenters. The van der Waals surface area contributed by atoms with Gasteiger partial charge in [-0.05, 0) is 38.2 Å². The van der Waals surface area contributed by atoms with Gasteiger partial charge in [0.05, 0.1) is 38.1 Å². The predicted molar refractivity (Wildman–Crippen MR) is 100 cm³/mol. The molecule has 2 aliphatic heterocycles. The van der Waals surface area contributed by atoms with Gasteiger partial charge in [-0.25, -0.2) is 5.48 Å². The molecule has 5 unspecified atom stereocenters. The number of nitrogens with one attached hydrogen (secondary N) is 1. The topological polar surface area (TPSA) is 77.0 Å². The molecule has 6 nitrogen and oxygen atoms in total. The molecule has 150 valence electrons. The fourth-order valence-corrected chi connectivity index (χ4v) is 4.18. The van der Waals surface area contributed by atoms with Crippen LogP contribution in [0.2, 0.25) is 0 Å². The van der Waals surface area contributed by atoms with Crippen LogP contribution in [-0.2, 0) is 25.6 Å². The molecule has 27 heavy (non-hydrogen) atoms. The lowest BCUT2D eigenvalue weighted by atomic mass is 9.80. The smallest absolute Gasteiger partial charge is 0.243 e. The zero-order valence-corrected chi connectivity index (χ0v) is 16.0. The van der Waals surface area contributed by atoms with Crippen LogP contribution >= 0.6 is 0 Å². The number of benzene rings is 1. The van der Waals surface area contributed by atoms with E-state index in [1.807, 2.05) is 25.1 Å². The van der Waals surface area contributed by atoms with E-state index in [9.17, 15) is 4.79 Å². The Morgan fingerprint density at radius 3 is 2.63 bits per heavy atom. The maximum atomic E-state index is 11.1. The van der Waals surface area contributed by atoms with Crippen molar-refractivity contribution in [1.29, 1.82) is 0 Å². The number of hydrogen-bond donors (Lipinski definition) is 2. The highest BCUT2D eigenvalue weighted by Gasteiger charge is 2.48. The first-order valence-electron chi connectivity index (χ1n) is 9.99. The molecular weight excluding hydrogens is 346 g/mol. The SMILES string of the molecule is CC(CCCC(=O)NO)OCC1C2CCC(O2)C1COCc1ccccc1. The van der Waals surface area contributed by atoms with Crippen molar-refractivity contribution in [2.24, 2.45) is 11.8 Å². The number of rotatable bonds is 11. The average Bonchev–Trinajstić information content (AvgIpc) is 3.29. The van der Waals surface area contributed by atoms with Gasteiger partial charge in [-0.1, -0.05) is 30.3 Å². The van der Waals surface area contributed by atoms with E-state index in [0.29, 0.717) is 50.6 Å². The van der Waals surface area contributed by atoms with E-state index in [1.165, 1.54) is 5.56 Å². The molecule has 0 aromatic heterocycles. The standard InChI is InChI=1S/C21H31NO5/c1-15(6-5-9-21(23)22-24)26-14-18-17(19-10-11-20(18)27-19)13-25-12-16-7-3-2-4-8-16/h2-4,7-8,15,17-20,24H,5-6,9-14H2,1H3,(H,22,23). The zero-order valence-electron chi connectivity index (χ0n) is 16.0. The zero-order chi connectivity index (χ0) is 19.1. The number of hydrogen-bond acceptors (Lipinski definition) is 5. The van der Waals surface area contributed by atoms with Crippen LogP contribution < -0.4 is 5.48 Å². The first-order valence-corrected chi connectivity index (χ1v) is 9.99. The summed E-state index contributed by atoms with van der Waals surface area (Å²) in [6.45, 7) is 4.04. The monoisotopic (exact) mass is 377 g/mol. The lowest BCUT2D eigenvalue weighted by Gasteiger charge is -2.28. The van der Waals surface area contributed by atoms with Crippen LogP contribution in [0, 0.1) is 11.8 Å². The molecule has 2 heterocycles. The minimum Gasteiger partial charge on any atom is -0.378 e. The lowest BCUT2D eigenvalue weighted by molar-refractivity contribution is -0.129. The number of hydroxylamine groups is 1. The van der Waals surface area contributed by atoms with E-state index in [2.05, 4.69) is 12.1 Å². The summed E-state index contributed by atoms with van der Waals surface area (Å²) in [6, 6.07) is 10.2. The molecule has 1 aromatic carbocycles. The maximum Gasteiger partial charge on any atom is 0.243 e. The summed E-state index contributed by atoms with van der Waals surface area (Å²) in [7, 11) is 0. The first kappa shape index (κ1) is 20.3. The Morgan fingerprint density at radius 2 is 1.93 bits per heavy atom. The Bertz CT molecular complexity index is 581. The van der Waals surface area contributed by atoms with Crippen molar-refractivity contribution in [3.05, 3.63) is 35.9 Å². The van der Waals surface area contributed by atoms with Gasteiger partial charge in [0.2, 0.25) is 5.91 Å². The van der Waals surface area contributed by atoms with Crippen molar-refractivity contribution < 1.29 is 24.2 Å². The summed E-state index contributed by atoms with van der Waals surface area (Å²) >= 11 is 0. The van der Waals surface area contributed by atoms with Gasteiger partial charge in [-0.3, -0.25) is 10.0 Å². The second kappa shape index (κ2) is 10.2. The molecule has 6 heteroatoms. The van der Waals surface area contributed by atoms with Crippen molar-refractivity contribution in [2.75, 3.05) is 13.2 Å². The molecule has 1 amide bonds. The Morgan fingerprint density at radius 1 is 1.22 bits per heavy atom. The van der Waals surface area contributed by atoms with Gasteiger partial charge in [-0.15, -0.1) is 0 Å². The fourth-order valence-electron chi connectivity index (χ4n) is 4.18. The summed E-state index contributed by atoms with van der Waals surface area (Å²) in [5.74, 6) is 0.418. The third-order valence-corrected chi connectivity index (χ3v) is 5.72. The van der Waals surface area contributed by atoms with E-state index in [1.54, 1.807) is 5.48 Å². The Balaban J connectivity index is 1.40. The van der Waals surface area contributed by atoms with Gasteiger partial charge < -0.3 is 14.2 Å². The van der Waals surface area contributed by atoms with E-state index in [4.69, 9.17) is 19.4 Å². The van der Waals surface area contributed by atoms with Crippen molar-refractivity contribution in [3.63, 3.8) is 0 Å². The quantitative estimate of drug-likeness (QED) is 0.458. The molecule has 2 bridgehead atoms. The predicted octanol–water partition coefficient (Wildman–Crippen LogP) is 3.08. The molecule has 0 aliphatic carbocycles. The Labute approximate surface area is 161 Å². The third kappa shape index (κ3) is 5.75. The molecule has 2 saturated heterocycles. The lowest BCUT2D eigenvalue weighted by Crippen LogP contribution is -2.34. The van der Waals surface area contributed by atoms with Crippen molar-refractivity contribution >= 4 is 5.91 Å². The summed E-state index contributed by atoms with van der Waals surface area (Å²) in [4.78, 5) is 11.1. The molecular formula is C21H31NO5. The minimum atomic E-state index is -0.348. The second-order valence-electron chi connectivity index (χ2n) is 7.69. The first-order chi connectivity index (χ1) is 13.2. The van der Waals surface area contributed by atoms with Crippen molar-refractivity contribution in [1.82, 2.24) is 5.48 Å². The van der Waals surface area contributed by atoms with Crippen LogP contribution in [0.1, 0.15) is 44.6 Å². The van der Waals surface area contributed by atoms with Crippen LogP contribution in [0.4, 0.5) is 0 Å². The van der Waals surface area contributed by atoms with Crippen molar-refractivity contribution in [3.8, 4) is 0 Å². The highest BCUT2D eigenvalue weighted by atomic mass is 16.5. The Kier molecular flexibility index (Phi) is 7.64. The number of ether oxygens (including phenoxy) is 3. The normalized spacial score (nSPS) is 27.6. The van der Waals surface area contributed by atoms with Crippen molar-refractivity contribution in [2.45, 2.75) is 63.9 Å². The van der Waals surface area contributed by atoms with Gasteiger partial charge in [0.15, 0.2) is 0 Å². The molecule has 2 aliphatic rings.